The quantitative estimate of drug-likeness (QED) is 0.581. The van der Waals surface area contributed by atoms with E-state index in [-0.39, 0.29) is 24.5 Å². The van der Waals surface area contributed by atoms with E-state index in [0.717, 1.165) is 0 Å². The molecule has 0 aliphatic heterocycles. The largest absolute Gasteiger partial charge is 0.463 e. The monoisotopic (exact) mass is 174 g/mol. The van der Waals surface area contributed by atoms with E-state index in [1.165, 1.54) is 0 Å². The van der Waals surface area contributed by atoms with Gasteiger partial charge in [0.05, 0.1) is 0 Å². The van der Waals surface area contributed by atoms with Crippen molar-refractivity contribution < 1.29 is 9.53 Å². The van der Waals surface area contributed by atoms with E-state index >= 15 is 0 Å². The van der Waals surface area contributed by atoms with Gasteiger partial charge < -0.3 is 16.2 Å². The second-order valence-corrected chi connectivity index (χ2v) is 3.38. The Bertz CT molecular complexity index is 146. The zero-order chi connectivity index (χ0) is 9.72. The number of hydrogen-bond donors (Lipinski definition) is 2. The van der Waals surface area contributed by atoms with Crippen LogP contribution in [0.3, 0.4) is 0 Å². The predicted molar refractivity (Wildman–Crippen MR) is 47.4 cm³/mol. The minimum Gasteiger partial charge on any atom is -0.463 e. The second-order valence-electron chi connectivity index (χ2n) is 3.38. The molecule has 72 valence electrons. The summed E-state index contributed by atoms with van der Waals surface area (Å²) >= 11 is 0. The fourth-order valence-electron chi connectivity index (χ4n) is 0.582. The molecule has 4 heteroatoms. The van der Waals surface area contributed by atoms with E-state index in [4.69, 9.17) is 16.2 Å². The number of esters is 1. The number of hydrogen-bond acceptors (Lipinski definition) is 4. The van der Waals surface area contributed by atoms with Gasteiger partial charge in [0.15, 0.2) is 0 Å². The molecule has 0 fully saturated rings. The molecule has 0 aliphatic rings. The molecule has 0 bridgehead atoms. The molecule has 0 amide bonds. The van der Waals surface area contributed by atoms with Crippen molar-refractivity contribution in [2.75, 3.05) is 6.61 Å². The molecule has 0 rings (SSSR count). The molecule has 0 spiro atoms. The number of nitrogens with two attached hydrogens (primary N) is 2. The van der Waals surface area contributed by atoms with Crippen LogP contribution in [0, 0.1) is 5.92 Å². The maximum absolute atomic E-state index is 11.1. The van der Waals surface area contributed by atoms with Crippen LogP contribution in [0.25, 0.3) is 0 Å². The van der Waals surface area contributed by atoms with Gasteiger partial charge in [0.25, 0.3) is 0 Å². The molecule has 4 nitrogen and oxygen atoms in total. The summed E-state index contributed by atoms with van der Waals surface area (Å²) in [6.45, 7) is 5.75. The molecular formula is C8H18N2O2. The van der Waals surface area contributed by atoms with Crippen LogP contribution in [0.4, 0.5) is 0 Å². The van der Waals surface area contributed by atoms with Crippen LogP contribution < -0.4 is 11.5 Å². The summed E-state index contributed by atoms with van der Waals surface area (Å²) in [5.74, 6) is -0.270. The number of carbonyl (C=O) groups excluding carboxylic acids is 1. The van der Waals surface area contributed by atoms with Crippen molar-refractivity contribution in [1.29, 1.82) is 0 Å². The highest BCUT2D eigenvalue weighted by atomic mass is 16.5. The number of ether oxygens (including phenoxy) is 1. The third kappa shape index (κ3) is 4.31. The topological polar surface area (TPSA) is 78.3 Å². The molecule has 0 saturated heterocycles. The Balaban J connectivity index is 3.72. The third-order valence-corrected chi connectivity index (χ3v) is 1.48. The smallest absolute Gasteiger partial charge is 0.323 e. The summed E-state index contributed by atoms with van der Waals surface area (Å²) in [6, 6.07) is -0.669. The van der Waals surface area contributed by atoms with Crippen LogP contribution in [0.15, 0.2) is 0 Å². The van der Waals surface area contributed by atoms with Gasteiger partial charge >= 0.3 is 5.97 Å². The zero-order valence-corrected chi connectivity index (χ0v) is 7.91. The van der Waals surface area contributed by atoms with Gasteiger partial charge in [0.1, 0.15) is 12.6 Å². The van der Waals surface area contributed by atoms with Crippen LogP contribution in [-0.4, -0.2) is 24.7 Å². The Morgan fingerprint density at radius 2 is 1.83 bits per heavy atom. The molecular weight excluding hydrogens is 156 g/mol. The SMILES string of the molecule is CC(N)COC(=O)C(N)C(C)C. The van der Waals surface area contributed by atoms with Gasteiger partial charge in [-0.2, -0.15) is 0 Å². The molecule has 0 aromatic rings. The van der Waals surface area contributed by atoms with Gasteiger partial charge in [0, 0.05) is 6.04 Å². The average molecular weight is 174 g/mol. The average Bonchev–Trinajstić information content (AvgIpc) is 1.98. The highest BCUT2D eigenvalue weighted by molar-refractivity contribution is 5.75. The molecule has 0 saturated carbocycles. The van der Waals surface area contributed by atoms with Gasteiger partial charge in [-0.05, 0) is 12.8 Å². The van der Waals surface area contributed by atoms with E-state index in [9.17, 15) is 4.79 Å². The fourth-order valence-corrected chi connectivity index (χ4v) is 0.582. The first-order valence-corrected chi connectivity index (χ1v) is 4.13. The van der Waals surface area contributed by atoms with Crippen LogP contribution in [-0.2, 0) is 9.53 Å². The van der Waals surface area contributed by atoms with Crippen LogP contribution in [0.2, 0.25) is 0 Å². The summed E-state index contributed by atoms with van der Waals surface area (Å²) in [4.78, 5) is 11.1. The first kappa shape index (κ1) is 11.4. The van der Waals surface area contributed by atoms with Gasteiger partial charge in [-0.25, -0.2) is 0 Å². The molecule has 0 heterocycles. The lowest BCUT2D eigenvalue weighted by Crippen LogP contribution is -2.38. The maximum atomic E-state index is 11.1. The van der Waals surface area contributed by atoms with Gasteiger partial charge in [-0.1, -0.05) is 13.8 Å². The minimum absolute atomic E-state index is 0.102. The number of rotatable bonds is 4. The van der Waals surface area contributed by atoms with Crippen molar-refractivity contribution in [2.45, 2.75) is 32.9 Å². The summed E-state index contributed by atoms with van der Waals surface area (Å²) in [6.07, 6.45) is 0. The lowest BCUT2D eigenvalue weighted by Gasteiger charge is -2.15. The Kier molecular flexibility index (Phi) is 4.85. The molecule has 4 N–H and O–H groups in total. The van der Waals surface area contributed by atoms with Crippen LogP contribution >= 0.6 is 0 Å². The molecule has 2 atom stereocenters. The van der Waals surface area contributed by atoms with E-state index < -0.39 is 6.04 Å². The van der Waals surface area contributed by atoms with E-state index in [1.54, 1.807) is 6.92 Å². The van der Waals surface area contributed by atoms with Crippen molar-refractivity contribution in [3.05, 3.63) is 0 Å². The Morgan fingerprint density at radius 3 is 2.17 bits per heavy atom. The van der Waals surface area contributed by atoms with Gasteiger partial charge in [0.2, 0.25) is 0 Å². The Hall–Kier alpha value is -0.610. The van der Waals surface area contributed by atoms with Crippen molar-refractivity contribution >= 4 is 5.97 Å². The summed E-state index contributed by atoms with van der Waals surface area (Å²) in [5, 5.41) is 0. The summed E-state index contributed by atoms with van der Waals surface area (Å²) in [5.41, 5.74) is 10.9. The van der Waals surface area contributed by atoms with Crippen molar-refractivity contribution in [2.24, 2.45) is 17.4 Å². The van der Waals surface area contributed by atoms with Gasteiger partial charge in [-0.3, -0.25) is 4.79 Å². The van der Waals surface area contributed by atoms with Crippen molar-refractivity contribution in [3.63, 3.8) is 0 Å². The first-order chi connectivity index (χ1) is 5.45. The minimum atomic E-state index is -0.538. The first-order valence-electron chi connectivity index (χ1n) is 4.13. The molecule has 0 aromatic carbocycles. The molecule has 2 unspecified atom stereocenters. The normalized spacial score (nSPS) is 15.8. The number of carbonyl (C=O) groups is 1. The molecule has 0 aromatic heterocycles. The van der Waals surface area contributed by atoms with Gasteiger partial charge in [-0.15, -0.1) is 0 Å². The third-order valence-electron chi connectivity index (χ3n) is 1.48. The lowest BCUT2D eigenvalue weighted by atomic mass is 10.1. The van der Waals surface area contributed by atoms with E-state index in [0.29, 0.717) is 0 Å². The molecule has 0 radical (unpaired) electrons. The predicted octanol–water partition coefficient (Wildman–Crippen LogP) is -0.140. The highest BCUT2D eigenvalue weighted by Crippen LogP contribution is 2.00. The highest BCUT2D eigenvalue weighted by Gasteiger charge is 2.18. The van der Waals surface area contributed by atoms with Crippen LogP contribution in [0.5, 0.6) is 0 Å². The lowest BCUT2D eigenvalue weighted by molar-refractivity contribution is -0.146. The Labute approximate surface area is 73.2 Å². The van der Waals surface area contributed by atoms with Crippen molar-refractivity contribution in [1.82, 2.24) is 0 Å². The van der Waals surface area contributed by atoms with E-state index in [1.807, 2.05) is 13.8 Å². The summed E-state index contributed by atoms with van der Waals surface area (Å²) < 4.78 is 4.84. The molecule has 12 heavy (non-hydrogen) atoms. The van der Waals surface area contributed by atoms with Crippen LogP contribution in [0.1, 0.15) is 20.8 Å². The fraction of sp³-hybridized carbons (Fsp3) is 0.875. The maximum Gasteiger partial charge on any atom is 0.323 e. The standard InChI is InChI=1S/C8H18N2O2/c1-5(2)7(10)8(11)12-4-6(3)9/h5-7H,4,9-10H2,1-3H3. The van der Waals surface area contributed by atoms with E-state index in [2.05, 4.69) is 0 Å². The Morgan fingerprint density at radius 1 is 1.33 bits per heavy atom. The second kappa shape index (κ2) is 5.11. The molecule has 0 aliphatic carbocycles. The van der Waals surface area contributed by atoms with Crippen molar-refractivity contribution in [3.8, 4) is 0 Å². The zero-order valence-electron chi connectivity index (χ0n) is 7.91. The summed E-state index contributed by atoms with van der Waals surface area (Å²) in [7, 11) is 0.